The number of oxazole rings is 1. The Kier molecular flexibility index (Phi) is 3.22. The van der Waals surface area contributed by atoms with E-state index >= 15 is 0 Å². The molecule has 0 radical (unpaired) electrons. The molecular formula is C14H15ClN4O. The highest BCUT2D eigenvalue weighted by molar-refractivity contribution is 6.16. The van der Waals surface area contributed by atoms with Crippen LogP contribution in [0.4, 0.5) is 0 Å². The van der Waals surface area contributed by atoms with E-state index in [2.05, 4.69) is 15.0 Å². The van der Waals surface area contributed by atoms with E-state index in [0.717, 1.165) is 34.1 Å². The third kappa shape index (κ3) is 2.18. The summed E-state index contributed by atoms with van der Waals surface area (Å²) in [7, 11) is 0. The average Bonchev–Trinajstić information content (AvgIpc) is 2.91. The number of rotatable bonds is 3. The molecule has 3 heterocycles. The van der Waals surface area contributed by atoms with E-state index in [1.165, 1.54) is 0 Å². The summed E-state index contributed by atoms with van der Waals surface area (Å²) in [6.45, 7) is 6.28. The number of hydrogen-bond donors (Lipinski definition) is 0. The summed E-state index contributed by atoms with van der Waals surface area (Å²) in [5, 5.41) is 0. The molecule has 0 atom stereocenters. The quantitative estimate of drug-likeness (QED) is 0.695. The molecule has 0 N–H and O–H groups in total. The average molecular weight is 291 g/mol. The number of fused-ring (bicyclic) bond motifs is 1. The van der Waals surface area contributed by atoms with Crippen LogP contribution in [0, 0.1) is 20.8 Å². The van der Waals surface area contributed by atoms with E-state index < -0.39 is 0 Å². The van der Waals surface area contributed by atoms with Crippen molar-refractivity contribution in [1.29, 1.82) is 0 Å². The third-order valence-electron chi connectivity index (χ3n) is 3.30. The molecule has 0 spiro atoms. The molecular weight excluding hydrogens is 276 g/mol. The molecule has 0 aliphatic heterocycles. The first-order chi connectivity index (χ1) is 9.58. The van der Waals surface area contributed by atoms with Gasteiger partial charge in [-0.15, -0.1) is 11.6 Å². The summed E-state index contributed by atoms with van der Waals surface area (Å²) in [4.78, 5) is 13.4. The standard InChI is InChI=1S/C14H15ClN4O/c1-8-4-5-11-14(16-8)19(12(6-15)18-11)7-13-17-9(2)10(3)20-13/h4-5H,6-7H2,1-3H3. The Morgan fingerprint density at radius 1 is 1.15 bits per heavy atom. The zero-order chi connectivity index (χ0) is 14.3. The number of alkyl halides is 1. The van der Waals surface area contributed by atoms with Gasteiger partial charge in [0.05, 0.1) is 11.6 Å². The number of halogens is 1. The highest BCUT2D eigenvalue weighted by Crippen LogP contribution is 2.19. The van der Waals surface area contributed by atoms with Crippen molar-refractivity contribution in [1.82, 2.24) is 19.5 Å². The number of nitrogens with zero attached hydrogens (tertiary/aromatic N) is 4. The zero-order valence-corrected chi connectivity index (χ0v) is 12.4. The SMILES string of the molecule is Cc1ccc2nc(CCl)n(Cc3nc(C)c(C)o3)c2n1. The molecule has 0 amide bonds. The third-order valence-corrected chi connectivity index (χ3v) is 3.54. The van der Waals surface area contributed by atoms with Crippen LogP contribution in [0.2, 0.25) is 0 Å². The Morgan fingerprint density at radius 3 is 2.60 bits per heavy atom. The topological polar surface area (TPSA) is 56.7 Å². The van der Waals surface area contributed by atoms with Gasteiger partial charge in [-0.1, -0.05) is 0 Å². The molecule has 5 nitrogen and oxygen atoms in total. The van der Waals surface area contributed by atoms with Crippen LogP contribution < -0.4 is 0 Å². The van der Waals surface area contributed by atoms with E-state index in [-0.39, 0.29) is 0 Å². The first kappa shape index (κ1) is 13.1. The Bertz CT molecular complexity index is 755. The van der Waals surface area contributed by atoms with Crippen LogP contribution in [-0.4, -0.2) is 19.5 Å². The molecule has 3 rings (SSSR count). The minimum atomic E-state index is 0.327. The van der Waals surface area contributed by atoms with Crippen LogP contribution in [-0.2, 0) is 12.4 Å². The first-order valence-electron chi connectivity index (χ1n) is 6.40. The molecule has 0 unspecified atom stereocenters. The van der Waals surface area contributed by atoms with Crippen molar-refractivity contribution in [3.8, 4) is 0 Å². The van der Waals surface area contributed by atoms with E-state index in [1.54, 1.807) is 0 Å². The monoisotopic (exact) mass is 290 g/mol. The molecule has 0 fully saturated rings. The van der Waals surface area contributed by atoms with Gasteiger partial charge in [-0.3, -0.25) is 0 Å². The predicted molar refractivity (Wildman–Crippen MR) is 76.9 cm³/mol. The van der Waals surface area contributed by atoms with Crippen LogP contribution in [0.1, 0.15) is 28.9 Å². The zero-order valence-electron chi connectivity index (χ0n) is 11.6. The van der Waals surface area contributed by atoms with Crippen LogP contribution in [0.5, 0.6) is 0 Å². The summed E-state index contributed by atoms with van der Waals surface area (Å²) in [6.07, 6.45) is 0. The predicted octanol–water partition coefficient (Wildman–Crippen LogP) is 3.13. The molecule has 0 aliphatic carbocycles. The second-order valence-corrected chi connectivity index (χ2v) is 5.06. The number of aromatic nitrogens is 4. The summed E-state index contributed by atoms with van der Waals surface area (Å²) in [6, 6.07) is 3.90. The number of hydrogen-bond acceptors (Lipinski definition) is 4. The molecule has 104 valence electrons. The minimum Gasteiger partial charge on any atom is -0.444 e. The molecule has 0 aromatic carbocycles. The summed E-state index contributed by atoms with van der Waals surface area (Å²) >= 11 is 5.98. The summed E-state index contributed by atoms with van der Waals surface area (Å²) < 4.78 is 7.59. The number of aryl methyl sites for hydroxylation is 3. The van der Waals surface area contributed by atoms with E-state index in [9.17, 15) is 0 Å². The van der Waals surface area contributed by atoms with Crippen LogP contribution >= 0.6 is 11.6 Å². The van der Waals surface area contributed by atoms with E-state index in [1.807, 2.05) is 37.5 Å². The Labute approximate surface area is 121 Å². The van der Waals surface area contributed by atoms with Gasteiger partial charge in [0, 0.05) is 5.69 Å². The van der Waals surface area contributed by atoms with Crippen molar-refractivity contribution in [3.05, 3.63) is 41.0 Å². The minimum absolute atomic E-state index is 0.327. The highest BCUT2D eigenvalue weighted by atomic mass is 35.5. The van der Waals surface area contributed by atoms with Gasteiger partial charge < -0.3 is 8.98 Å². The second-order valence-electron chi connectivity index (χ2n) is 4.79. The van der Waals surface area contributed by atoms with E-state index in [4.69, 9.17) is 16.0 Å². The van der Waals surface area contributed by atoms with Gasteiger partial charge in [-0.2, -0.15) is 0 Å². The van der Waals surface area contributed by atoms with Gasteiger partial charge in [0.25, 0.3) is 0 Å². The second kappa shape index (κ2) is 4.90. The fourth-order valence-electron chi connectivity index (χ4n) is 2.15. The lowest BCUT2D eigenvalue weighted by molar-refractivity contribution is 0.456. The van der Waals surface area contributed by atoms with Gasteiger partial charge in [0.15, 0.2) is 5.65 Å². The van der Waals surface area contributed by atoms with Crippen molar-refractivity contribution in [2.75, 3.05) is 0 Å². The summed E-state index contributed by atoms with van der Waals surface area (Å²) in [5.41, 5.74) is 3.50. The molecule has 3 aromatic heterocycles. The largest absolute Gasteiger partial charge is 0.444 e. The van der Waals surface area contributed by atoms with Crippen LogP contribution in [0.25, 0.3) is 11.2 Å². The Hall–Kier alpha value is -1.88. The lowest BCUT2D eigenvalue weighted by Gasteiger charge is -2.04. The van der Waals surface area contributed by atoms with Gasteiger partial charge in [0.1, 0.15) is 23.6 Å². The molecule has 6 heteroatoms. The summed E-state index contributed by atoms with van der Waals surface area (Å²) in [5.74, 6) is 2.58. The van der Waals surface area contributed by atoms with Crippen molar-refractivity contribution in [3.63, 3.8) is 0 Å². The maximum absolute atomic E-state index is 5.98. The molecule has 3 aromatic rings. The maximum atomic E-state index is 5.98. The maximum Gasteiger partial charge on any atom is 0.214 e. The van der Waals surface area contributed by atoms with Gasteiger partial charge in [0.2, 0.25) is 5.89 Å². The van der Waals surface area contributed by atoms with Crippen LogP contribution in [0.15, 0.2) is 16.5 Å². The van der Waals surface area contributed by atoms with Gasteiger partial charge >= 0.3 is 0 Å². The number of pyridine rings is 1. The molecule has 0 aliphatic rings. The number of imidazole rings is 1. The Balaban J connectivity index is 2.11. The fraction of sp³-hybridized carbons (Fsp3) is 0.357. The Morgan fingerprint density at radius 2 is 1.95 bits per heavy atom. The molecule has 0 saturated carbocycles. The smallest absolute Gasteiger partial charge is 0.214 e. The molecule has 0 saturated heterocycles. The highest BCUT2D eigenvalue weighted by Gasteiger charge is 2.14. The fourth-order valence-corrected chi connectivity index (χ4v) is 2.36. The van der Waals surface area contributed by atoms with Crippen molar-refractivity contribution >= 4 is 22.8 Å². The normalized spacial score (nSPS) is 11.4. The van der Waals surface area contributed by atoms with Gasteiger partial charge in [-0.05, 0) is 32.9 Å². The molecule has 20 heavy (non-hydrogen) atoms. The van der Waals surface area contributed by atoms with E-state index in [0.29, 0.717) is 18.3 Å². The lowest BCUT2D eigenvalue weighted by atomic mass is 10.3. The van der Waals surface area contributed by atoms with Crippen molar-refractivity contribution in [2.24, 2.45) is 0 Å². The van der Waals surface area contributed by atoms with Crippen LogP contribution in [0.3, 0.4) is 0 Å². The lowest BCUT2D eigenvalue weighted by Crippen LogP contribution is -2.05. The van der Waals surface area contributed by atoms with Gasteiger partial charge in [-0.25, -0.2) is 15.0 Å². The molecule has 0 bridgehead atoms. The van der Waals surface area contributed by atoms with Crippen molar-refractivity contribution < 1.29 is 4.42 Å². The first-order valence-corrected chi connectivity index (χ1v) is 6.93. The van der Waals surface area contributed by atoms with Crippen molar-refractivity contribution in [2.45, 2.75) is 33.2 Å².